The van der Waals surface area contributed by atoms with Crippen molar-refractivity contribution in [2.45, 2.75) is 39.7 Å². The number of halogens is 2. The lowest BCUT2D eigenvalue weighted by Crippen LogP contribution is -2.51. The predicted octanol–water partition coefficient (Wildman–Crippen LogP) is 4.58. The van der Waals surface area contributed by atoms with Crippen LogP contribution < -0.4 is 0 Å². The van der Waals surface area contributed by atoms with E-state index < -0.39 is 0 Å². The van der Waals surface area contributed by atoms with Gasteiger partial charge in [-0.1, -0.05) is 44.0 Å². The summed E-state index contributed by atoms with van der Waals surface area (Å²) in [5.74, 6) is -0.0114. The van der Waals surface area contributed by atoms with E-state index in [1.165, 1.54) is 12.8 Å². The van der Waals surface area contributed by atoms with Crippen LogP contribution in [0.25, 0.3) is 0 Å². The first-order chi connectivity index (χ1) is 10.7. The van der Waals surface area contributed by atoms with Gasteiger partial charge in [-0.3, -0.25) is 4.79 Å². The van der Waals surface area contributed by atoms with Crippen molar-refractivity contribution in [3.05, 3.63) is 33.8 Å². The molecule has 1 aliphatic heterocycles. The molecule has 1 saturated heterocycles. The Bertz CT molecular complexity index is 563. The van der Waals surface area contributed by atoms with Crippen LogP contribution in [-0.2, 0) is 0 Å². The molecule has 23 heavy (non-hydrogen) atoms. The fraction of sp³-hybridized carbons (Fsp3) is 0.611. The average Bonchev–Trinajstić information content (AvgIpc) is 2.98. The van der Waals surface area contributed by atoms with Crippen LogP contribution in [0.2, 0.25) is 10.0 Å². The van der Waals surface area contributed by atoms with E-state index in [9.17, 15) is 4.79 Å². The summed E-state index contributed by atoms with van der Waals surface area (Å²) in [6.07, 6.45) is 2.50. The van der Waals surface area contributed by atoms with Gasteiger partial charge in [-0.05, 0) is 49.5 Å². The molecule has 3 nitrogen and oxygen atoms in total. The Balaban J connectivity index is 2.19. The van der Waals surface area contributed by atoms with Crippen molar-refractivity contribution >= 4 is 29.1 Å². The van der Waals surface area contributed by atoms with Crippen molar-refractivity contribution in [1.29, 1.82) is 0 Å². The number of carbonyl (C=O) groups is 1. The first-order valence-electron chi connectivity index (χ1n) is 8.14. The van der Waals surface area contributed by atoms with E-state index in [1.807, 2.05) is 11.9 Å². The molecule has 1 heterocycles. The minimum Gasteiger partial charge on any atom is -0.337 e. The summed E-state index contributed by atoms with van der Waals surface area (Å²) in [5.41, 5.74) is 0.584. The number of carbonyl (C=O) groups excluding carboxylic acids is 1. The summed E-state index contributed by atoms with van der Waals surface area (Å²) in [6.45, 7) is 9.72. The molecule has 128 valence electrons. The third-order valence-electron chi connectivity index (χ3n) is 4.58. The highest BCUT2D eigenvalue weighted by molar-refractivity contribution is 6.42. The SMILES string of the molecule is CN(C(=O)c1ccc(Cl)c(Cl)c1)[C@H](CN1CCCC1)C(C)(C)C. The minimum atomic E-state index is -0.0114. The van der Waals surface area contributed by atoms with E-state index in [0.717, 1.165) is 19.6 Å². The Morgan fingerprint density at radius 2 is 1.83 bits per heavy atom. The Morgan fingerprint density at radius 1 is 1.22 bits per heavy atom. The van der Waals surface area contributed by atoms with Crippen LogP contribution in [0.5, 0.6) is 0 Å². The molecule has 1 amide bonds. The van der Waals surface area contributed by atoms with Gasteiger partial charge in [0.1, 0.15) is 0 Å². The fourth-order valence-electron chi connectivity index (χ4n) is 3.16. The molecular weight excluding hydrogens is 331 g/mol. The van der Waals surface area contributed by atoms with E-state index >= 15 is 0 Å². The highest BCUT2D eigenvalue weighted by atomic mass is 35.5. The molecule has 5 heteroatoms. The lowest BCUT2D eigenvalue weighted by atomic mass is 9.85. The third kappa shape index (κ3) is 4.62. The van der Waals surface area contributed by atoms with Gasteiger partial charge >= 0.3 is 0 Å². The molecule has 0 aromatic heterocycles. The second-order valence-electron chi connectivity index (χ2n) is 7.43. The van der Waals surface area contributed by atoms with Gasteiger partial charge in [0.25, 0.3) is 5.91 Å². The number of rotatable bonds is 4. The van der Waals surface area contributed by atoms with Gasteiger partial charge in [0, 0.05) is 25.2 Å². The average molecular weight is 357 g/mol. The van der Waals surface area contributed by atoms with E-state index in [1.54, 1.807) is 18.2 Å². The maximum absolute atomic E-state index is 12.9. The van der Waals surface area contributed by atoms with Gasteiger partial charge in [0.15, 0.2) is 0 Å². The summed E-state index contributed by atoms with van der Waals surface area (Å²) in [4.78, 5) is 17.2. The zero-order chi connectivity index (χ0) is 17.2. The number of likely N-dealkylation sites (tertiary alicyclic amines) is 1. The van der Waals surface area contributed by atoms with Crippen LogP contribution in [0.4, 0.5) is 0 Å². The molecule has 1 aliphatic rings. The smallest absolute Gasteiger partial charge is 0.253 e. The normalized spacial score (nSPS) is 17.3. The van der Waals surface area contributed by atoms with Crippen molar-refractivity contribution in [1.82, 2.24) is 9.80 Å². The number of benzene rings is 1. The van der Waals surface area contributed by atoms with E-state index in [2.05, 4.69) is 25.7 Å². The molecule has 1 atom stereocenters. The molecule has 0 radical (unpaired) electrons. The zero-order valence-electron chi connectivity index (χ0n) is 14.4. The maximum atomic E-state index is 12.9. The molecule has 0 saturated carbocycles. The van der Waals surface area contributed by atoms with Crippen molar-refractivity contribution in [3.8, 4) is 0 Å². The van der Waals surface area contributed by atoms with Gasteiger partial charge < -0.3 is 9.80 Å². The van der Waals surface area contributed by atoms with E-state index in [-0.39, 0.29) is 17.4 Å². The van der Waals surface area contributed by atoms with Crippen LogP contribution >= 0.6 is 23.2 Å². The lowest BCUT2D eigenvalue weighted by Gasteiger charge is -2.40. The van der Waals surface area contributed by atoms with Crippen molar-refractivity contribution in [2.24, 2.45) is 5.41 Å². The van der Waals surface area contributed by atoms with Crippen molar-refractivity contribution in [3.63, 3.8) is 0 Å². The largest absolute Gasteiger partial charge is 0.337 e. The third-order valence-corrected chi connectivity index (χ3v) is 5.32. The van der Waals surface area contributed by atoms with E-state index in [0.29, 0.717) is 15.6 Å². The highest BCUT2D eigenvalue weighted by Crippen LogP contribution is 2.28. The number of hydrogen-bond acceptors (Lipinski definition) is 2. The fourth-order valence-corrected chi connectivity index (χ4v) is 3.46. The predicted molar refractivity (Wildman–Crippen MR) is 97.5 cm³/mol. The number of nitrogens with zero attached hydrogens (tertiary/aromatic N) is 2. The first kappa shape index (κ1) is 18.6. The molecule has 0 unspecified atom stereocenters. The van der Waals surface area contributed by atoms with Crippen LogP contribution in [0.3, 0.4) is 0 Å². The quantitative estimate of drug-likeness (QED) is 0.788. The first-order valence-corrected chi connectivity index (χ1v) is 8.90. The summed E-state index contributed by atoms with van der Waals surface area (Å²) < 4.78 is 0. The molecule has 0 bridgehead atoms. The molecular formula is C18H26Cl2N2O. The maximum Gasteiger partial charge on any atom is 0.253 e. The Hall–Kier alpha value is -0.770. The molecule has 0 aliphatic carbocycles. The van der Waals surface area contributed by atoms with Crippen LogP contribution in [-0.4, -0.2) is 48.4 Å². The summed E-state index contributed by atoms with van der Waals surface area (Å²) in [6, 6.07) is 5.21. The van der Waals surface area contributed by atoms with Gasteiger partial charge in [-0.15, -0.1) is 0 Å². The van der Waals surface area contributed by atoms with Crippen LogP contribution in [0.1, 0.15) is 44.0 Å². The summed E-state index contributed by atoms with van der Waals surface area (Å²) in [7, 11) is 1.89. The number of hydrogen-bond donors (Lipinski definition) is 0. The van der Waals surface area contributed by atoms with Crippen molar-refractivity contribution < 1.29 is 4.79 Å². The van der Waals surface area contributed by atoms with Crippen LogP contribution in [0, 0.1) is 5.41 Å². The number of likely N-dealkylation sites (N-methyl/N-ethyl adjacent to an activating group) is 1. The lowest BCUT2D eigenvalue weighted by molar-refractivity contribution is 0.0519. The number of amides is 1. The highest BCUT2D eigenvalue weighted by Gasteiger charge is 2.33. The van der Waals surface area contributed by atoms with Crippen LogP contribution in [0.15, 0.2) is 18.2 Å². The minimum absolute atomic E-state index is 0.00319. The topological polar surface area (TPSA) is 23.6 Å². The van der Waals surface area contributed by atoms with E-state index in [4.69, 9.17) is 23.2 Å². The molecule has 0 N–H and O–H groups in total. The Kier molecular flexibility index (Phi) is 5.99. The molecule has 1 aromatic rings. The standard InChI is InChI=1S/C18H26Cl2N2O/c1-18(2,3)16(12-22-9-5-6-10-22)21(4)17(23)13-7-8-14(19)15(20)11-13/h7-8,11,16H,5-6,9-10,12H2,1-4H3/t16-/m1/s1. The van der Waals surface area contributed by atoms with Crippen molar-refractivity contribution in [2.75, 3.05) is 26.7 Å². The second kappa shape index (κ2) is 7.42. The molecule has 2 rings (SSSR count). The summed E-state index contributed by atoms with van der Waals surface area (Å²) in [5, 5.41) is 0.882. The van der Waals surface area contributed by atoms with Gasteiger partial charge in [0.05, 0.1) is 10.0 Å². The van der Waals surface area contributed by atoms with Gasteiger partial charge in [-0.2, -0.15) is 0 Å². The Labute approximate surface area is 149 Å². The zero-order valence-corrected chi connectivity index (χ0v) is 15.9. The summed E-state index contributed by atoms with van der Waals surface area (Å²) >= 11 is 12.0. The monoisotopic (exact) mass is 356 g/mol. The Morgan fingerprint density at radius 3 is 2.35 bits per heavy atom. The second-order valence-corrected chi connectivity index (χ2v) is 8.25. The van der Waals surface area contributed by atoms with Gasteiger partial charge in [0.2, 0.25) is 0 Å². The molecule has 0 spiro atoms. The van der Waals surface area contributed by atoms with Gasteiger partial charge in [-0.25, -0.2) is 0 Å². The molecule has 1 aromatic carbocycles. The molecule has 1 fully saturated rings.